The lowest BCUT2D eigenvalue weighted by molar-refractivity contribution is 0.0950. The van der Waals surface area contributed by atoms with Crippen molar-refractivity contribution in [2.75, 3.05) is 97.9 Å². The summed E-state index contributed by atoms with van der Waals surface area (Å²) in [6, 6.07) is 18.4. The van der Waals surface area contributed by atoms with Crippen LogP contribution in [0.25, 0.3) is 30.6 Å². The van der Waals surface area contributed by atoms with E-state index in [0.717, 1.165) is 118 Å². The molecule has 3 aromatic carbocycles. The Labute approximate surface area is 547 Å². The molecule has 9 aromatic rings. The lowest BCUT2D eigenvalue weighted by Crippen LogP contribution is -2.30. The van der Waals surface area contributed by atoms with Gasteiger partial charge in [-0.3, -0.25) is 14.4 Å². The minimum Gasteiger partial charge on any atom is -0.481 e. The van der Waals surface area contributed by atoms with Gasteiger partial charge in [0.2, 0.25) is 5.88 Å². The molecule has 0 spiro atoms. The molecule has 3 amide bonds. The molecule has 3 fully saturated rings. The van der Waals surface area contributed by atoms with Crippen LogP contribution in [0.3, 0.4) is 0 Å². The monoisotopic (exact) mass is 1330 g/mol. The lowest BCUT2D eigenvalue weighted by atomic mass is 10.1. The highest BCUT2D eigenvalue weighted by atomic mass is 32.1. The van der Waals surface area contributed by atoms with E-state index >= 15 is 0 Å². The van der Waals surface area contributed by atoms with Gasteiger partial charge in [0.05, 0.1) is 41.2 Å². The number of nitrogens with zero attached hydrogens (tertiary/aromatic N) is 6. The van der Waals surface area contributed by atoms with Gasteiger partial charge in [-0.25, -0.2) is 41.3 Å². The van der Waals surface area contributed by atoms with E-state index in [0.29, 0.717) is 86.3 Å². The molecule has 9 heterocycles. The summed E-state index contributed by atoms with van der Waals surface area (Å²) in [6.45, 7) is 13.0. The maximum absolute atomic E-state index is 14.7. The number of aryl methyl sites for hydroxylation is 2. The molecule has 12 rings (SSSR count). The van der Waals surface area contributed by atoms with Crippen LogP contribution in [0, 0.1) is 60.6 Å². The minimum absolute atomic E-state index is 0.155. The number of piperidine rings is 1. The van der Waals surface area contributed by atoms with E-state index in [1.165, 1.54) is 66.2 Å². The summed E-state index contributed by atoms with van der Waals surface area (Å²) in [5.41, 5.74) is 22.8. The zero-order valence-electron chi connectivity index (χ0n) is 52.6. The fourth-order valence-corrected chi connectivity index (χ4v) is 15.0. The molecule has 3 saturated heterocycles. The van der Waals surface area contributed by atoms with E-state index in [9.17, 15) is 40.7 Å². The Bertz CT molecular complexity index is 4040. The van der Waals surface area contributed by atoms with Gasteiger partial charge < -0.3 is 52.6 Å². The first-order valence-electron chi connectivity index (χ1n) is 31.3. The zero-order valence-corrected chi connectivity index (χ0v) is 55.0. The molecule has 9 N–H and O–H groups in total. The fraction of sp³-hybridized carbons (Fsp3) is 0.382. The quantitative estimate of drug-likeness (QED) is 0.0441. The second-order valence-corrected chi connectivity index (χ2v) is 26.6. The van der Waals surface area contributed by atoms with Gasteiger partial charge in [0, 0.05) is 111 Å². The highest BCUT2D eigenvalue weighted by molar-refractivity contribution is 7.22. The van der Waals surface area contributed by atoms with Gasteiger partial charge in [0.1, 0.15) is 64.0 Å². The number of pyridine rings is 3. The first kappa shape index (κ1) is 67.5. The van der Waals surface area contributed by atoms with Gasteiger partial charge in [-0.15, -0.1) is 34.0 Å². The molecule has 25 heteroatoms. The Morgan fingerprint density at radius 3 is 1.20 bits per heavy atom. The van der Waals surface area contributed by atoms with Gasteiger partial charge in [-0.2, -0.15) is 0 Å². The number of ether oxygens (including phenoxy) is 1. The van der Waals surface area contributed by atoms with Crippen LogP contribution in [-0.2, 0) is 19.3 Å². The molecule has 0 bridgehead atoms. The molecule has 93 heavy (non-hydrogen) atoms. The van der Waals surface area contributed by atoms with Crippen LogP contribution in [0.1, 0.15) is 116 Å². The van der Waals surface area contributed by atoms with Gasteiger partial charge in [0.25, 0.3) is 17.7 Å². The number of carbonyl (C=O) groups is 3. The number of hydrogen-bond donors (Lipinski definition) is 6. The number of rotatable bonds is 18. The van der Waals surface area contributed by atoms with E-state index < -0.39 is 34.9 Å². The van der Waals surface area contributed by atoms with Crippen LogP contribution < -0.4 is 52.6 Å². The summed E-state index contributed by atoms with van der Waals surface area (Å²) < 4.78 is 92.8. The predicted octanol–water partition coefficient (Wildman–Crippen LogP) is 13.5. The van der Waals surface area contributed by atoms with Gasteiger partial charge in [-0.1, -0.05) is 26.7 Å². The van der Waals surface area contributed by atoms with Crippen molar-refractivity contribution in [3.8, 4) is 5.88 Å². The molecule has 6 aromatic heterocycles. The molecule has 0 saturated carbocycles. The Hall–Kier alpha value is -8.42. The molecule has 3 aliphatic heterocycles. The van der Waals surface area contributed by atoms with Crippen LogP contribution >= 0.6 is 34.0 Å². The van der Waals surface area contributed by atoms with E-state index in [1.54, 1.807) is 12.1 Å². The number of nitrogens with one attached hydrogen (secondary N) is 3. The van der Waals surface area contributed by atoms with Gasteiger partial charge >= 0.3 is 0 Å². The van der Waals surface area contributed by atoms with Crippen molar-refractivity contribution >= 4 is 117 Å². The predicted molar refractivity (Wildman–Crippen MR) is 363 cm³/mol. The van der Waals surface area contributed by atoms with E-state index in [1.807, 2.05) is 52.8 Å². The molecule has 0 radical (unpaired) electrons. The number of benzene rings is 3. The van der Waals surface area contributed by atoms with Crippen LogP contribution in [0.2, 0.25) is 0 Å². The topological polar surface area (TPSA) is 223 Å². The smallest absolute Gasteiger partial charge is 0.263 e. The Kier molecular flexibility index (Phi) is 21.8. The number of nitrogens with two attached hydrogens (primary N) is 3. The molecule has 3 aliphatic rings. The van der Waals surface area contributed by atoms with E-state index in [4.69, 9.17) is 21.9 Å². The van der Waals surface area contributed by atoms with E-state index in [-0.39, 0.29) is 73.3 Å². The average Bonchev–Trinajstić information content (AvgIpc) is 1.79. The molecule has 16 nitrogen and oxygen atoms in total. The van der Waals surface area contributed by atoms with Crippen LogP contribution in [0.5, 0.6) is 5.88 Å². The van der Waals surface area contributed by atoms with Crippen LogP contribution in [0.4, 0.5) is 60.5 Å². The first-order chi connectivity index (χ1) is 44.7. The SMILES string of the molecule is CC[C@@H]1CCN(c2cc(F)c(CCNC(=O)c3sc4nc(C)ccc4c3N)cc2F)C1.CC[C@H]1CCN(c2cc(F)c(CCNC(=O)c3sc4nc(C)ccc4c3N)cc2F)C1.COc1ccc2c(N)c(C(=O)NCCc3cc(F)c(N4CCCCC4)cc3F)sc2n1. The lowest BCUT2D eigenvalue weighted by Gasteiger charge is -2.29. The highest BCUT2D eigenvalue weighted by Gasteiger charge is 2.28. The number of methoxy groups -OCH3 is 1. The van der Waals surface area contributed by atoms with Crippen molar-refractivity contribution in [3.05, 3.63) is 150 Å². The van der Waals surface area contributed by atoms with Crippen molar-refractivity contribution < 1.29 is 45.5 Å². The summed E-state index contributed by atoms with van der Waals surface area (Å²) in [7, 11) is 1.51. The summed E-state index contributed by atoms with van der Waals surface area (Å²) in [6.07, 6.45) is 7.72. The number of thiophene rings is 3. The third-order valence-corrected chi connectivity index (χ3v) is 20.7. The standard InChI is InChI=1S/2C23H26F2N4OS.C22H24F2N4O2S/c2*1-3-14-7-9-29(12-14)19-11-17(24)15(10-18(19)25)6-8-27-22(30)21-20(26)16-5-4-13(2)28-23(16)31-21;1-30-18-6-5-14-19(25)20(31-22(14)27-18)21(29)26-8-7-13-11-16(24)17(12-15(13)23)28-9-3-2-4-10-28/h2*4-5,10-11,14H,3,6-9,12,26H2,1-2H3,(H,27,30);5-6,11-12H,2-4,7-10,25H2,1H3,(H,26,29)/t2*14-;/m10./s1. The largest absolute Gasteiger partial charge is 0.481 e. The zero-order chi connectivity index (χ0) is 66.2. The van der Waals surface area contributed by atoms with Crippen molar-refractivity contribution in [1.82, 2.24) is 30.9 Å². The summed E-state index contributed by atoms with van der Waals surface area (Å²) in [5, 5.41) is 10.4. The second kappa shape index (κ2) is 30.1. The highest BCUT2D eigenvalue weighted by Crippen LogP contribution is 2.37. The molecule has 2 atom stereocenters. The molecule has 0 aliphatic carbocycles. The summed E-state index contributed by atoms with van der Waals surface area (Å²) >= 11 is 3.62. The van der Waals surface area contributed by atoms with Crippen molar-refractivity contribution in [2.24, 2.45) is 11.8 Å². The maximum atomic E-state index is 14.7. The number of anilines is 6. The van der Waals surface area contributed by atoms with Gasteiger partial charge in [-0.05, 0) is 142 Å². The van der Waals surface area contributed by atoms with Gasteiger partial charge in [0.15, 0.2) is 0 Å². The third kappa shape index (κ3) is 15.6. The van der Waals surface area contributed by atoms with Crippen LogP contribution in [0.15, 0.2) is 72.8 Å². The normalized spacial score (nSPS) is 15.5. The second-order valence-electron chi connectivity index (χ2n) is 23.6. The number of fused-ring (bicyclic) bond motifs is 3. The summed E-state index contributed by atoms with van der Waals surface area (Å²) in [4.78, 5) is 59.6. The summed E-state index contributed by atoms with van der Waals surface area (Å²) in [5.74, 6) is -2.20. The molecule has 492 valence electrons. The third-order valence-electron chi connectivity index (χ3n) is 17.4. The molecular weight excluding hydrogens is 1260 g/mol. The number of nitrogen functional groups attached to an aromatic ring is 3. The van der Waals surface area contributed by atoms with Crippen molar-refractivity contribution in [3.63, 3.8) is 0 Å². The van der Waals surface area contributed by atoms with Crippen molar-refractivity contribution in [2.45, 2.75) is 91.9 Å². The Morgan fingerprint density at radius 2 is 0.849 bits per heavy atom. The van der Waals surface area contributed by atoms with Crippen LogP contribution in [-0.4, -0.2) is 98.7 Å². The Balaban J connectivity index is 0.000000153. The number of aromatic nitrogens is 3. The Morgan fingerprint density at radius 1 is 0.495 bits per heavy atom. The molecule has 0 unspecified atom stereocenters. The van der Waals surface area contributed by atoms with E-state index in [2.05, 4.69) is 44.7 Å². The maximum Gasteiger partial charge on any atom is 0.263 e. The number of halogens is 6. The fourth-order valence-electron chi connectivity index (χ4n) is 11.9. The first-order valence-corrected chi connectivity index (χ1v) is 33.7. The number of amides is 3. The average molecular weight is 1340 g/mol. The molecular formula is C68H76F6N12O4S3. The number of hydrogen-bond acceptors (Lipinski definition) is 16. The number of carbonyl (C=O) groups excluding carboxylic acids is 3. The minimum atomic E-state index is -0.464. The van der Waals surface area contributed by atoms with Crippen molar-refractivity contribution in [1.29, 1.82) is 0 Å².